The first-order valence-electron chi connectivity index (χ1n) is 7.49. The van der Waals surface area contributed by atoms with E-state index in [2.05, 4.69) is 60.6 Å². The molecule has 0 fully saturated rings. The fourth-order valence-electron chi connectivity index (χ4n) is 2.63. The summed E-state index contributed by atoms with van der Waals surface area (Å²) in [6.07, 6.45) is 3.52. The molecule has 0 amide bonds. The number of anilines is 1. The third-order valence-electron chi connectivity index (χ3n) is 3.81. The van der Waals surface area contributed by atoms with E-state index in [1.807, 2.05) is 36.4 Å². The summed E-state index contributed by atoms with van der Waals surface area (Å²) in [6.45, 7) is 0. The van der Waals surface area contributed by atoms with E-state index in [0.717, 1.165) is 27.8 Å². The van der Waals surface area contributed by atoms with Crippen LogP contribution >= 0.6 is 22.9 Å². The number of nitrogens with zero attached hydrogens (tertiary/aromatic N) is 3. The van der Waals surface area contributed by atoms with Crippen LogP contribution in [0.3, 0.4) is 0 Å². The van der Waals surface area contributed by atoms with Crippen molar-refractivity contribution in [1.82, 2.24) is 15.0 Å². The second kappa shape index (κ2) is 6.52. The second-order valence-corrected chi connectivity index (χ2v) is 5.87. The van der Waals surface area contributed by atoms with E-state index in [-0.39, 0.29) is 0 Å². The summed E-state index contributed by atoms with van der Waals surface area (Å²) < 4.78 is 3.16. The maximum Gasteiger partial charge on any atom is 0.163 e. The number of benzene rings is 2. The van der Waals surface area contributed by atoms with Crippen LogP contribution in [0.2, 0.25) is 0 Å². The van der Waals surface area contributed by atoms with Crippen molar-refractivity contribution in [2.24, 2.45) is 0 Å². The average Bonchev–Trinajstić information content (AvgIpc) is 2.68. The zero-order valence-electron chi connectivity index (χ0n) is 12.6. The molecule has 2 heterocycles. The van der Waals surface area contributed by atoms with Crippen LogP contribution in [0.15, 0.2) is 73.1 Å². The average molecular weight is 424 g/mol. The fraction of sp³-hybridized carbons (Fsp3) is 0. The van der Waals surface area contributed by atoms with Crippen LogP contribution in [0.4, 0.5) is 5.82 Å². The Hall–Kier alpha value is -2.54. The first kappa shape index (κ1) is 15.0. The maximum atomic E-state index is 4.69. The number of pyridine rings is 1. The highest BCUT2D eigenvalue weighted by molar-refractivity contribution is 14.1. The van der Waals surface area contributed by atoms with Gasteiger partial charge in [-0.25, -0.2) is 9.97 Å². The van der Waals surface area contributed by atoms with Crippen molar-refractivity contribution < 1.29 is 0 Å². The van der Waals surface area contributed by atoms with E-state index in [9.17, 15) is 0 Å². The molecule has 1 N–H and O–H groups in total. The molecule has 0 aliphatic carbocycles. The molecular formula is C19H13IN4. The van der Waals surface area contributed by atoms with Gasteiger partial charge in [0.1, 0.15) is 5.82 Å². The largest absolute Gasteiger partial charge is 0.312 e. The van der Waals surface area contributed by atoms with E-state index < -0.39 is 0 Å². The highest BCUT2D eigenvalue weighted by atomic mass is 127. The van der Waals surface area contributed by atoms with Crippen LogP contribution in [0.5, 0.6) is 0 Å². The van der Waals surface area contributed by atoms with Gasteiger partial charge in [0.05, 0.1) is 28.4 Å². The summed E-state index contributed by atoms with van der Waals surface area (Å²) in [5.74, 6) is 1.47. The van der Waals surface area contributed by atoms with E-state index in [0.29, 0.717) is 5.82 Å². The molecule has 24 heavy (non-hydrogen) atoms. The molecule has 5 heteroatoms. The Kier molecular flexibility index (Phi) is 4.08. The van der Waals surface area contributed by atoms with Crippen molar-refractivity contribution in [1.29, 1.82) is 0 Å². The van der Waals surface area contributed by atoms with E-state index in [4.69, 9.17) is 4.98 Å². The Bertz CT molecular complexity index is 988. The molecule has 2 aromatic carbocycles. The quantitative estimate of drug-likeness (QED) is 0.367. The number of hydrogen-bond acceptors (Lipinski definition) is 4. The van der Waals surface area contributed by atoms with Gasteiger partial charge in [0.15, 0.2) is 5.82 Å². The van der Waals surface area contributed by atoms with Gasteiger partial charge in [-0.1, -0.05) is 36.4 Å². The van der Waals surface area contributed by atoms with Crippen LogP contribution in [-0.2, 0) is 0 Å². The molecule has 0 spiro atoms. The van der Waals surface area contributed by atoms with Crippen LogP contribution < -0.4 is 3.53 Å². The Balaban J connectivity index is 1.89. The molecule has 4 nitrogen and oxygen atoms in total. The van der Waals surface area contributed by atoms with Gasteiger partial charge in [-0.2, -0.15) is 0 Å². The molecule has 2 aromatic heterocycles. The monoisotopic (exact) mass is 424 g/mol. The zero-order valence-corrected chi connectivity index (χ0v) is 14.8. The van der Waals surface area contributed by atoms with Gasteiger partial charge in [0.25, 0.3) is 0 Å². The molecule has 0 unspecified atom stereocenters. The third kappa shape index (κ3) is 2.82. The van der Waals surface area contributed by atoms with E-state index >= 15 is 0 Å². The minimum absolute atomic E-state index is 0.669. The molecule has 0 saturated heterocycles. The molecular weight excluding hydrogens is 411 g/mol. The number of rotatable bonds is 3. The van der Waals surface area contributed by atoms with Gasteiger partial charge in [-0.15, -0.1) is 0 Å². The van der Waals surface area contributed by atoms with Crippen molar-refractivity contribution >= 4 is 39.6 Å². The standard InChI is InChI=1S/C19H13IN4/c20-24-19-16-11-14(13-5-2-1-3-6-13)8-9-17(16)22-18(23-19)15-7-4-10-21-12-15/h1-12H,(H,22,23,24). The van der Waals surface area contributed by atoms with Gasteiger partial charge in [0, 0.05) is 23.3 Å². The first-order valence-corrected chi connectivity index (χ1v) is 8.57. The SMILES string of the molecule is INc1nc(-c2cccnc2)nc2ccc(-c3ccccc3)cc12. The Morgan fingerprint density at radius 1 is 0.792 bits per heavy atom. The fourth-order valence-corrected chi connectivity index (χ4v) is 3.05. The molecule has 116 valence electrons. The van der Waals surface area contributed by atoms with Crippen molar-refractivity contribution in [3.05, 3.63) is 73.1 Å². The van der Waals surface area contributed by atoms with Gasteiger partial charge in [-0.05, 0) is 35.4 Å². The molecule has 0 saturated carbocycles. The first-order chi connectivity index (χ1) is 11.8. The summed E-state index contributed by atoms with van der Waals surface area (Å²) in [6, 6.07) is 20.4. The van der Waals surface area contributed by atoms with Crippen molar-refractivity contribution in [2.45, 2.75) is 0 Å². The predicted octanol–water partition coefficient (Wildman–Crippen LogP) is 5.12. The lowest BCUT2D eigenvalue weighted by Gasteiger charge is -2.09. The lowest BCUT2D eigenvalue weighted by atomic mass is 10.0. The minimum atomic E-state index is 0.669. The van der Waals surface area contributed by atoms with Gasteiger partial charge < -0.3 is 3.53 Å². The number of halogens is 1. The Morgan fingerprint density at radius 2 is 1.62 bits per heavy atom. The second-order valence-electron chi connectivity index (χ2n) is 5.33. The molecule has 0 bridgehead atoms. The topological polar surface area (TPSA) is 50.7 Å². The predicted molar refractivity (Wildman–Crippen MR) is 106 cm³/mol. The van der Waals surface area contributed by atoms with Crippen LogP contribution in [-0.4, -0.2) is 15.0 Å². The molecule has 0 radical (unpaired) electrons. The van der Waals surface area contributed by atoms with Crippen molar-refractivity contribution in [3.63, 3.8) is 0 Å². The number of aromatic nitrogens is 3. The minimum Gasteiger partial charge on any atom is -0.312 e. The van der Waals surface area contributed by atoms with Gasteiger partial charge in [-0.3, -0.25) is 4.98 Å². The Labute approximate surface area is 153 Å². The maximum absolute atomic E-state index is 4.69. The molecule has 0 atom stereocenters. The van der Waals surface area contributed by atoms with E-state index in [1.165, 1.54) is 5.56 Å². The van der Waals surface area contributed by atoms with Gasteiger partial charge >= 0.3 is 0 Å². The molecule has 0 aliphatic rings. The number of hydrogen-bond donors (Lipinski definition) is 1. The molecule has 4 rings (SSSR count). The summed E-state index contributed by atoms with van der Waals surface area (Å²) in [7, 11) is 0. The molecule has 4 aromatic rings. The summed E-state index contributed by atoms with van der Waals surface area (Å²) >= 11 is 2.11. The van der Waals surface area contributed by atoms with Gasteiger partial charge in [0.2, 0.25) is 0 Å². The lowest BCUT2D eigenvalue weighted by Crippen LogP contribution is -1.96. The molecule has 0 aliphatic heterocycles. The normalized spacial score (nSPS) is 10.7. The number of nitrogens with one attached hydrogen (secondary N) is 1. The Morgan fingerprint density at radius 3 is 2.38 bits per heavy atom. The van der Waals surface area contributed by atoms with Crippen LogP contribution in [0, 0.1) is 0 Å². The highest BCUT2D eigenvalue weighted by Gasteiger charge is 2.10. The number of fused-ring (bicyclic) bond motifs is 1. The summed E-state index contributed by atoms with van der Waals surface area (Å²) in [5.41, 5.74) is 4.13. The lowest BCUT2D eigenvalue weighted by molar-refractivity contribution is 1.21. The van der Waals surface area contributed by atoms with Crippen molar-refractivity contribution in [3.8, 4) is 22.5 Å². The van der Waals surface area contributed by atoms with Crippen LogP contribution in [0.1, 0.15) is 0 Å². The van der Waals surface area contributed by atoms with E-state index in [1.54, 1.807) is 12.4 Å². The zero-order chi connectivity index (χ0) is 16.4. The smallest absolute Gasteiger partial charge is 0.163 e. The summed E-state index contributed by atoms with van der Waals surface area (Å²) in [5, 5.41) is 0.999. The van der Waals surface area contributed by atoms with Crippen LogP contribution in [0.25, 0.3) is 33.4 Å². The highest BCUT2D eigenvalue weighted by Crippen LogP contribution is 2.29. The summed E-state index contributed by atoms with van der Waals surface area (Å²) in [4.78, 5) is 13.5. The van der Waals surface area contributed by atoms with Crippen molar-refractivity contribution in [2.75, 3.05) is 3.53 Å². The third-order valence-corrected chi connectivity index (χ3v) is 4.32.